The molecule has 0 spiro atoms. The van der Waals surface area contributed by atoms with Gasteiger partial charge in [0.05, 0.1) is 12.9 Å². The lowest BCUT2D eigenvalue weighted by atomic mass is 9.44. The third-order valence-corrected chi connectivity index (χ3v) is 10.3. The van der Waals surface area contributed by atoms with Gasteiger partial charge in [-0.1, -0.05) is 13.8 Å². The maximum absolute atomic E-state index is 13.2. The molecule has 29 heavy (non-hydrogen) atoms. The van der Waals surface area contributed by atoms with Crippen molar-refractivity contribution in [3.63, 3.8) is 0 Å². The van der Waals surface area contributed by atoms with Crippen LogP contribution in [0.15, 0.2) is 18.7 Å². The summed E-state index contributed by atoms with van der Waals surface area (Å²) >= 11 is 0. The number of aliphatic hydroxyl groups excluding tert-OH is 1. The molecule has 0 radical (unpaired) electrons. The number of carbonyl (C=O) groups excluding carboxylic acids is 1. The van der Waals surface area contributed by atoms with Crippen molar-refractivity contribution in [2.24, 2.45) is 46.3 Å². The number of aliphatic hydroxyl groups is 1. The number of Topliss-reactive ketones (excluding diaryl/α,β-unsaturated/α-hetero) is 1. The summed E-state index contributed by atoms with van der Waals surface area (Å²) < 4.78 is 1.94. The summed E-state index contributed by atoms with van der Waals surface area (Å²) in [6.07, 6.45) is 16.8. The molecule has 1 heterocycles. The van der Waals surface area contributed by atoms with E-state index in [1.54, 1.807) is 12.5 Å². The van der Waals surface area contributed by atoms with Gasteiger partial charge in [0.1, 0.15) is 0 Å². The molecular weight excluding hydrogens is 360 g/mol. The lowest BCUT2D eigenvalue weighted by molar-refractivity contribution is -0.138. The van der Waals surface area contributed by atoms with Crippen LogP contribution in [0, 0.1) is 46.3 Å². The zero-order chi connectivity index (χ0) is 20.2. The van der Waals surface area contributed by atoms with E-state index in [1.165, 1.54) is 51.4 Å². The Morgan fingerprint density at radius 3 is 2.62 bits per heavy atom. The van der Waals surface area contributed by atoms with Crippen LogP contribution in [0.5, 0.6) is 0 Å². The predicted octanol–water partition coefficient (Wildman–Crippen LogP) is 4.72. The summed E-state index contributed by atoms with van der Waals surface area (Å²) in [5.74, 6) is 4.37. The van der Waals surface area contributed by atoms with Crippen molar-refractivity contribution in [1.82, 2.24) is 9.55 Å². The first-order valence-electron chi connectivity index (χ1n) is 12.0. The van der Waals surface area contributed by atoms with Gasteiger partial charge in [0, 0.05) is 24.9 Å². The number of aromatic nitrogens is 2. The Morgan fingerprint density at radius 1 is 1.07 bits per heavy atom. The van der Waals surface area contributed by atoms with E-state index in [9.17, 15) is 9.90 Å². The molecule has 4 aliphatic rings. The molecule has 4 aliphatic carbocycles. The van der Waals surface area contributed by atoms with Crippen LogP contribution < -0.4 is 0 Å². The molecule has 3 unspecified atom stereocenters. The van der Waals surface area contributed by atoms with Gasteiger partial charge in [-0.05, 0) is 98.2 Å². The Labute approximate surface area is 175 Å². The lowest BCUT2D eigenvalue weighted by Crippen LogP contribution is -2.54. The van der Waals surface area contributed by atoms with Crippen molar-refractivity contribution >= 4 is 5.78 Å². The van der Waals surface area contributed by atoms with Crippen molar-refractivity contribution in [3.05, 3.63) is 18.7 Å². The molecule has 4 saturated carbocycles. The molecule has 8 atom stereocenters. The second-order valence-electron chi connectivity index (χ2n) is 11.4. The Morgan fingerprint density at radius 2 is 1.86 bits per heavy atom. The third-order valence-electron chi connectivity index (χ3n) is 10.3. The molecule has 0 aromatic carbocycles. The summed E-state index contributed by atoms with van der Waals surface area (Å²) in [5.41, 5.74) is 0.666. The van der Waals surface area contributed by atoms with Gasteiger partial charge in [0.25, 0.3) is 0 Å². The summed E-state index contributed by atoms with van der Waals surface area (Å²) in [5, 5.41) is 9.69. The Bertz CT molecular complexity index is 746. The minimum Gasteiger partial charge on any atom is -0.396 e. The van der Waals surface area contributed by atoms with Crippen LogP contribution in [0.4, 0.5) is 0 Å². The molecule has 4 fully saturated rings. The first-order valence-corrected chi connectivity index (χ1v) is 12.0. The molecule has 0 bridgehead atoms. The highest BCUT2D eigenvalue weighted by Gasteiger charge is 2.61. The highest BCUT2D eigenvalue weighted by atomic mass is 16.3. The van der Waals surface area contributed by atoms with E-state index in [2.05, 4.69) is 18.8 Å². The summed E-state index contributed by atoms with van der Waals surface area (Å²) in [7, 11) is 0. The highest BCUT2D eigenvalue weighted by molar-refractivity contribution is 5.82. The van der Waals surface area contributed by atoms with Gasteiger partial charge in [0.2, 0.25) is 0 Å². The number of hydrogen-bond acceptors (Lipinski definition) is 3. The standard InChI is InChI=1S/C25H38N2O2/c1-24-9-7-17(15-28)13-18(24)3-4-19-20-5-6-22(25(20,2)10-8-21(19)24)23(29)14-27-12-11-26-16-27/h11-12,16-22,28H,3-10,13-15H2,1-2H3/t17-,18-,19?,20?,21?,22+,24-,25-/m0/s1. The molecule has 1 aromatic rings. The Balaban J connectivity index is 1.34. The van der Waals surface area contributed by atoms with Crippen LogP contribution in [-0.4, -0.2) is 27.0 Å². The average molecular weight is 399 g/mol. The number of fused-ring (bicyclic) bond motifs is 5. The number of imidazole rings is 1. The number of hydrogen-bond donors (Lipinski definition) is 1. The molecule has 4 nitrogen and oxygen atoms in total. The zero-order valence-corrected chi connectivity index (χ0v) is 18.2. The summed E-state index contributed by atoms with van der Waals surface area (Å²) in [6, 6.07) is 0. The SMILES string of the molecule is C[C@]12CCC3C(CC[C@H]4C[C@@H](CO)CC[C@]34C)C1CC[C@@H]2C(=O)Cn1ccnc1. The van der Waals surface area contributed by atoms with Crippen molar-refractivity contribution in [1.29, 1.82) is 0 Å². The second kappa shape index (κ2) is 7.21. The van der Waals surface area contributed by atoms with Crippen LogP contribution in [0.3, 0.4) is 0 Å². The van der Waals surface area contributed by atoms with Crippen LogP contribution in [0.2, 0.25) is 0 Å². The van der Waals surface area contributed by atoms with E-state index in [-0.39, 0.29) is 11.3 Å². The van der Waals surface area contributed by atoms with Gasteiger partial charge in [-0.3, -0.25) is 4.79 Å². The first-order chi connectivity index (χ1) is 14.0. The summed E-state index contributed by atoms with van der Waals surface area (Å²) in [6.45, 7) is 5.90. The largest absolute Gasteiger partial charge is 0.396 e. The van der Waals surface area contributed by atoms with E-state index >= 15 is 0 Å². The predicted molar refractivity (Wildman–Crippen MR) is 113 cm³/mol. The van der Waals surface area contributed by atoms with Crippen molar-refractivity contribution in [2.45, 2.75) is 78.2 Å². The average Bonchev–Trinajstić information content (AvgIpc) is 3.34. The lowest BCUT2D eigenvalue weighted by Gasteiger charge is -2.61. The highest BCUT2D eigenvalue weighted by Crippen LogP contribution is 2.67. The first kappa shape index (κ1) is 19.8. The molecule has 0 saturated heterocycles. The molecule has 0 amide bonds. The molecular formula is C25H38N2O2. The van der Waals surface area contributed by atoms with E-state index in [1.807, 2.05) is 10.8 Å². The topological polar surface area (TPSA) is 55.1 Å². The fourth-order valence-corrected chi connectivity index (χ4v) is 8.71. The Kier molecular flexibility index (Phi) is 4.92. The van der Waals surface area contributed by atoms with E-state index in [4.69, 9.17) is 0 Å². The van der Waals surface area contributed by atoms with Crippen LogP contribution >= 0.6 is 0 Å². The number of rotatable bonds is 4. The van der Waals surface area contributed by atoms with Gasteiger partial charge < -0.3 is 9.67 Å². The van der Waals surface area contributed by atoms with Crippen LogP contribution in [0.1, 0.15) is 71.6 Å². The summed E-state index contributed by atoms with van der Waals surface area (Å²) in [4.78, 5) is 17.3. The van der Waals surface area contributed by atoms with E-state index in [0.29, 0.717) is 30.3 Å². The van der Waals surface area contributed by atoms with Crippen LogP contribution in [-0.2, 0) is 11.3 Å². The van der Waals surface area contributed by atoms with Crippen molar-refractivity contribution in [2.75, 3.05) is 6.61 Å². The fraction of sp³-hybridized carbons (Fsp3) is 0.840. The number of carbonyl (C=O) groups is 1. The smallest absolute Gasteiger partial charge is 0.156 e. The van der Waals surface area contributed by atoms with Crippen molar-refractivity contribution in [3.8, 4) is 0 Å². The van der Waals surface area contributed by atoms with E-state index < -0.39 is 0 Å². The quantitative estimate of drug-likeness (QED) is 0.798. The van der Waals surface area contributed by atoms with Gasteiger partial charge in [0.15, 0.2) is 5.78 Å². The zero-order valence-electron chi connectivity index (χ0n) is 18.2. The second-order valence-corrected chi connectivity index (χ2v) is 11.4. The molecule has 1 aromatic heterocycles. The maximum Gasteiger partial charge on any atom is 0.156 e. The molecule has 5 rings (SSSR count). The van der Waals surface area contributed by atoms with Gasteiger partial charge in [-0.25, -0.2) is 4.98 Å². The number of ketones is 1. The van der Waals surface area contributed by atoms with Crippen molar-refractivity contribution < 1.29 is 9.90 Å². The fourth-order valence-electron chi connectivity index (χ4n) is 8.71. The minimum absolute atomic E-state index is 0.199. The van der Waals surface area contributed by atoms with Crippen LogP contribution in [0.25, 0.3) is 0 Å². The molecule has 0 aliphatic heterocycles. The molecule has 160 valence electrons. The van der Waals surface area contributed by atoms with Gasteiger partial charge in [-0.15, -0.1) is 0 Å². The van der Waals surface area contributed by atoms with Gasteiger partial charge >= 0.3 is 0 Å². The maximum atomic E-state index is 13.2. The molecule has 1 N–H and O–H groups in total. The number of nitrogens with zero attached hydrogens (tertiary/aromatic N) is 2. The molecule has 4 heteroatoms. The van der Waals surface area contributed by atoms with E-state index in [0.717, 1.165) is 30.1 Å². The third kappa shape index (κ3) is 3.04. The van der Waals surface area contributed by atoms with Gasteiger partial charge in [-0.2, -0.15) is 0 Å². The Hall–Kier alpha value is -1.16. The normalized spacial score (nSPS) is 46.6. The minimum atomic E-state index is 0.199. The monoisotopic (exact) mass is 398 g/mol.